The number of nitrogens with zero attached hydrogens (tertiary/aromatic N) is 1. The van der Waals surface area contributed by atoms with Crippen LogP contribution in [0.2, 0.25) is 0 Å². The van der Waals surface area contributed by atoms with Gasteiger partial charge in [0.25, 0.3) is 0 Å². The van der Waals surface area contributed by atoms with Crippen molar-refractivity contribution in [1.82, 2.24) is 4.90 Å². The molecule has 0 atom stereocenters. The molecule has 1 aromatic carbocycles. The quantitative estimate of drug-likeness (QED) is 0.847. The number of carbonyl (C=O) groups is 1. The van der Waals surface area contributed by atoms with Gasteiger partial charge in [0.1, 0.15) is 11.4 Å². The van der Waals surface area contributed by atoms with Gasteiger partial charge < -0.3 is 19.7 Å². The monoisotopic (exact) mass is 344 g/mol. The minimum Gasteiger partial charge on any atom is -0.444 e. The maximum atomic E-state index is 12.4. The van der Waals surface area contributed by atoms with Crippen molar-refractivity contribution in [3.05, 3.63) is 23.8 Å². The molecular weight excluding hydrogens is 325 g/mol. The Morgan fingerprint density at radius 2 is 1.92 bits per heavy atom. The van der Waals surface area contributed by atoms with E-state index in [1.165, 1.54) is 12.1 Å². The molecule has 5 nitrogen and oxygen atoms in total. The lowest BCUT2D eigenvalue weighted by molar-refractivity contribution is -0.274. The lowest BCUT2D eigenvalue weighted by atomic mass is 9.75. The zero-order valence-electron chi connectivity index (χ0n) is 13.7. The molecule has 0 bridgehead atoms. The minimum atomic E-state index is -4.73. The molecular formula is C16H19F3N2O3. The van der Waals surface area contributed by atoms with Crippen molar-refractivity contribution in [1.29, 1.82) is 0 Å². The number of nitrogens with one attached hydrogen (secondary N) is 1. The van der Waals surface area contributed by atoms with E-state index in [9.17, 15) is 18.0 Å². The molecule has 24 heavy (non-hydrogen) atoms. The Bertz CT molecular complexity index is 662. The van der Waals surface area contributed by atoms with E-state index in [-0.39, 0.29) is 5.75 Å². The second kappa shape index (κ2) is 5.19. The highest BCUT2D eigenvalue weighted by molar-refractivity contribution is 5.73. The van der Waals surface area contributed by atoms with Gasteiger partial charge in [0.2, 0.25) is 0 Å². The summed E-state index contributed by atoms with van der Waals surface area (Å²) in [5, 5.41) is 3.18. The van der Waals surface area contributed by atoms with Gasteiger partial charge in [-0.2, -0.15) is 0 Å². The predicted octanol–water partition coefficient (Wildman–Crippen LogP) is 3.50. The molecule has 1 spiro atoms. The van der Waals surface area contributed by atoms with E-state index in [0.29, 0.717) is 19.6 Å². The third-order valence-corrected chi connectivity index (χ3v) is 4.05. The maximum absolute atomic E-state index is 12.4. The van der Waals surface area contributed by atoms with Gasteiger partial charge in [-0.1, -0.05) is 0 Å². The van der Waals surface area contributed by atoms with Crippen LogP contribution in [0.25, 0.3) is 0 Å². The molecule has 1 fully saturated rings. The Balaban J connectivity index is 1.74. The average Bonchev–Trinajstić information content (AvgIpc) is 2.71. The summed E-state index contributed by atoms with van der Waals surface area (Å²) in [4.78, 5) is 13.6. The first-order valence-electron chi connectivity index (χ1n) is 7.60. The fraction of sp³-hybridized carbons (Fsp3) is 0.562. The SMILES string of the molecule is CC(C)(C)OC(=O)N1CC2(CNc3ccc(OC(F)(F)F)cc32)C1. The number of carbonyl (C=O) groups excluding carboxylic acids is 1. The topological polar surface area (TPSA) is 50.8 Å². The second-order valence-corrected chi connectivity index (χ2v) is 7.23. The first-order valence-corrected chi connectivity index (χ1v) is 7.60. The standard InChI is InChI=1S/C16H19F3N2O3/c1-14(2,3)24-13(22)21-8-15(9-21)7-20-12-5-4-10(6-11(12)15)23-16(17,18)19/h4-6,20H,7-9H2,1-3H3. The number of hydrogen-bond acceptors (Lipinski definition) is 4. The number of halogens is 3. The number of fused-ring (bicyclic) bond motifs is 2. The zero-order chi connectivity index (χ0) is 17.8. The van der Waals surface area contributed by atoms with Crippen LogP contribution in [0.15, 0.2) is 18.2 Å². The van der Waals surface area contributed by atoms with Crippen LogP contribution in [-0.2, 0) is 10.2 Å². The molecule has 2 heterocycles. The average molecular weight is 344 g/mol. The molecule has 1 amide bonds. The number of amides is 1. The molecule has 1 saturated heterocycles. The highest BCUT2D eigenvalue weighted by Crippen LogP contribution is 2.45. The summed E-state index contributed by atoms with van der Waals surface area (Å²) in [5.41, 5.74) is 0.536. The Kier molecular flexibility index (Phi) is 3.62. The summed E-state index contributed by atoms with van der Waals surface area (Å²) >= 11 is 0. The first kappa shape index (κ1) is 16.7. The van der Waals surface area contributed by atoms with Gasteiger partial charge in [0.15, 0.2) is 0 Å². The van der Waals surface area contributed by atoms with E-state index >= 15 is 0 Å². The highest BCUT2D eigenvalue weighted by Gasteiger charge is 2.51. The van der Waals surface area contributed by atoms with Crippen LogP contribution in [0.3, 0.4) is 0 Å². The molecule has 2 aliphatic heterocycles. The Morgan fingerprint density at radius 1 is 1.25 bits per heavy atom. The molecule has 0 saturated carbocycles. The summed E-state index contributed by atoms with van der Waals surface area (Å²) in [7, 11) is 0. The fourth-order valence-electron chi connectivity index (χ4n) is 3.10. The third kappa shape index (κ3) is 3.22. The van der Waals surface area contributed by atoms with Crippen LogP contribution < -0.4 is 10.1 Å². The predicted molar refractivity (Wildman–Crippen MR) is 81.1 cm³/mol. The number of anilines is 1. The minimum absolute atomic E-state index is 0.250. The molecule has 132 valence electrons. The van der Waals surface area contributed by atoms with E-state index in [2.05, 4.69) is 10.1 Å². The summed E-state index contributed by atoms with van der Waals surface area (Å²) < 4.78 is 46.5. The van der Waals surface area contributed by atoms with Gasteiger partial charge in [-0.25, -0.2) is 4.79 Å². The normalized spacial score (nSPS) is 18.7. The van der Waals surface area contributed by atoms with Crippen molar-refractivity contribution in [2.24, 2.45) is 0 Å². The van der Waals surface area contributed by atoms with E-state index in [4.69, 9.17) is 4.74 Å². The number of rotatable bonds is 1. The molecule has 1 N–H and O–H groups in total. The smallest absolute Gasteiger partial charge is 0.444 e. The van der Waals surface area contributed by atoms with Crippen molar-refractivity contribution in [3.8, 4) is 5.75 Å². The number of hydrogen-bond donors (Lipinski definition) is 1. The van der Waals surface area contributed by atoms with Crippen LogP contribution in [0.5, 0.6) is 5.75 Å². The van der Waals surface area contributed by atoms with Crippen molar-refractivity contribution in [3.63, 3.8) is 0 Å². The Hall–Kier alpha value is -2.12. The van der Waals surface area contributed by atoms with Crippen LogP contribution in [0.4, 0.5) is 23.7 Å². The van der Waals surface area contributed by atoms with Crippen LogP contribution in [-0.4, -0.2) is 42.6 Å². The fourth-order valence-corrected chi connectivity index (χ4v) is 3.10. The molecule has 2 aliphatic rings. The molecule has 0 unspecified atom stereocenters. The number of likely N-dealkylation sites (tertiary alicyclic amines) is 1. The molecule has 0 aliphatic carbocycles. The second-order valence-electron chi connectivity index (χ2n) is 7.23. The number of alkyl halides is 3. The van der Waals surface area contributed by atoms with Crippen molar-refractivity contribution in [2.75, 3.05) is 25.0 Å². The third-order valence-electron chi connectivity index (χ3n) is 4.05. The summed E-state index contributed by atoms with van der Waals surface area (Å²) in [6, 6.07) is 4.25. The summed E-state index contributed by atoms with van der Waals surface area (Å²) in [6.45, 7) is 6.72. The molecule has 0 aromatic heterocycles. The van der Waals surface area contributed by atoms with Crippen molar-refractivity contribution >= 4 is 11.8 Å². The summed E-state index contributed by atoms with van der Waals surface area (Å²) in [5.74, 6) is -0.250. The lowest BCUT2D eigenvalue weighted by Gasteiger charge is -2.47. The van der Waals surface area contributed by atoms with Gasteiger partial charge in [-0.05, 0) is 44.5 Å². The molecule has 1 aromatic rings. The largest absolute Gasteiger partial charge is 0.573 e. The Morgan fingerprint density at radius 3 is 2.50 bits per heavy atom. The van der Waals surface area contributed by atoms with E-state index in [1.807, 2.05) is 0 Å². The van der Waals surface area contributed by atoms with Crippen molar-refractivity contribution in [2.45, 2.75) is 38.1 Å². The highest BCUT2D eigenvalue weighted by atomic mass is 19.4. The maximum Gasteiger partial charge on any atom is 0.573 e. The van der Waals surface area contributed by atoms with E-state index in [1.54, 1.807) is 31.7 Å². The number of ether oxygens (including phenoxy) is 2. The molecule has 3 rings (SSSR count). The van der Waals surface area contributed by atoms with Gasteiger partial charge >= 0.3 is 12.5 Å². The Labute approximate surface area is 137 Å². The summed E-state index contributed by atoms with van der Waals surface area (Å²) in [6.07, 6.45) is -5.14. The van der Waals surface area contributed by atoms with Gasteiger partial charge in [0.05, 0.1) is 5.41 Å². The van der Waals surface area contributed by atoms with Crippen LogP contribution >= 0.6 is 0 Å². The first-order chi connectivity index (χ1) is 11.0. The van der Waals surface area contributed by atoms with E-state index < -0.39 is 23.5 Å². The van der Waals surface area contributed by atoms with Gasteiger partial charge in [0, 0.05) is 25.3 Å². The van der Waals surface area contributed by atoms with Gasteiger partial charge in [-0.15, -0.1) is 13.2 Å². The van der Waals surface area contributed by atoms with Crippen molar-refractivity contribution < 1.29 is 27.4 Å². The molecule has 8 heteroatoms. The van der Waals surface area contributed by atoms with Gasteiger partial charge in [-0.3, -0.25) is 0 Å². The lowest BCUT2D eigenvalue weighted by Crippen LogP contribution is -2.62. The molecule has 0 radical (unpaired) electrons. The van der Waals surface area contributed by atoms with Crippen LogP contribution in [0, 0.1) is 0 Å². The zero-order valence-corrected chi connectivity index (χ0v) is 13.7. The van der Waals surface area contributed by atoms with Crippen LogP contribution in [0.1, 0.15) is 26.3 Å². The number of benzene rings is 1. The van der Waals surface area contributed by atoms with E-state index in [0.717, 1.165) is 11.3 Å².